The third-order valence-corrected chi connectivity index (χ3v) is 2.85. The topological polar surface area (TPSA) is 52.6 Å². The Labute approximate surface area is 126 Å². The van der Waals surface area contributed by atoms with Crippen LogP contribution in [0, 0.1) is 5.82 Å². The van der Waals surface area contributed by atoms with E-state index in [0.717, 1.165) is 6.07 Å². The molecule has 0 radical (unpaired) electrons. The van der Waals surface area contributed by atoms with Crippen LogP contribution in [0.1, 0.15) is 6.92 Å². The minimum atomic E-state index is -0.522. The minimum Gasteiger partial charge on any atom is -0.429 e. The normalized spacial score (nSPS) is 9.91. The van der Waals surface area contributed by atoms with E-state index < -0.39 is 11.8 Å². The zero-order valence-electron chi connectivity index (χ0n) is 11.8. The average molecular weight is 300 g/mol. The molecule has 4 nitrogen and oxygen atoms in total. The van der Waals surface area contributed by atoms with Gasteiger partial charge in [-0.1, -0.05) is 18.7 Å². The number of halogens is 1. The van der Waals surface area contributed by atoms with Crippen LogP contribution in [0.5, 0.6) is 11.5 Å². The van der Waals surface area contributed by atoms with Crippen LogP contribution in [-0.4, -0.2) is 12.4 Å². The van der Waals surface area contributed by atoms with E-state index >= 15 is 0 Å². The second-order valence-electron chi connectivity index (χ2n) is 4.55. The monoisotopic (exact) mass is 300 g/mol. The highest BCUT2D eigenvalue weighted by atomic mass is 19.1. The number of carbonyl (C=O) groups is 2. The Morgan fingerprint density at radius 1 is 1.14 bits per heavy atom. The van der Waals surface area contributed by atoms with E-state index in [2.05, 4.69) is 11.3 Å². The summed E-state index contributed by atoms with van der Waals surface area (Å²) in [6.07, 6.45) is 0. The molecule has 0 spiro atoms. The molecule has 5 heteroatoms. The highest BCUT2D eigenvalue weighted by molar-refractivity contribution is 5.88. The van der Waals surface area contributed by atoms with Gasteiger partial charge in [-0.05, 0) is 36.8 Å². The van der Waals surface area contributed by atoms with E-state index in [1.165, 1.54) is 12.1 Å². The van der Waals surface area contributed by atoms with E-state index in [0.29, 0.717) is 22.4 Å². The van der Waals surface area contributed by atoms with Crippen molar-refractivity contribution in [2.45, 2.75) is 6.92 Å². The molecule has 0 aliphatic carbocycles. The molecule has 112 valence electrons. The smallest absolute Gasteiger partial charge is 0.338 e. The highest BCUT2D eigenvalue weighted by Gasteiger charge is 2.09. The lowest BCUT2D eigenvalue weighted by Gasteiger charge is -2.07. The molecule has 0 N–H and O–H groups in total. The van der Waals surface area contributed by atoms with Gasteiger partial charge in [0.15, 0.2) is 0 Å². The average Bonchev–Trinajstić information content (AvgIpc) is 2.49. The molecule has 0 aliphatic rings. The Morgan fingerprint density at radius 2 is 1.77 bits per heavy atom. The summed E-state index contributed by atoms with van der Waals surface area (Å²) in [5.41, 5.74) is 1.24. The Bertz CT molecular complexity index is 720. The van der Waals surface area contributed by atoms with Gasteiger partial charge in [-0.3, -0.25) is 4.79 Å². The fourth-order valence-corrected chi connectivity index (χ4v) is 1.76. The minimum absolute atomic E-state index is 0.128. The van der Waals surface area contributed by atoms with E-state index in [1.54, 1.807) is 31.2 Å². The number of carbonyl (C=O) groups excluding carboxylic acids is 2. The molecule has 2 rings (SSSR count). The van der Waals surface area contributed by atoms with Crippen molar-refractivity contribution < 1.29 is 23.5 Å². The summed E-state index contributed by atoms with van der Waals surface area (Å²) < 4.78 is 23.6. The first-order chi connectivity index (χ1) is 10.5. The lowest BCUT2D eigenvalue weighted by Crippen LogP contribution is -2.07. The van der Waals surface area contributed by atoms with Crippen LogP contribution in [0.3, 0.4) is 0 Å². The molecule has 0 aromatic heterocycles. The standard InChI is InChI=1S/C17H13FO4/c1-11(2)17(20)22-13-5-3-12(4-6-13)15-8-7-14(21-10-19)9-16(15)18/h3-10H,1H2,2H3. The lowest BCUT2D eigenvalue weighted by atomic mass is 10.0. The van der Waals surface area contributed by atoms with Crippen LogP contribution in [0.15, 0.2) is 54.6 Å². The number of hydrogen-bond acceptors (Lipinski definition) is 4. The molecule has 0 saturated heterocycles. The van der Waals surface area contributed by atoms with Gasteiger partial charge in [0.1, 0.15) is 17.3 Å². The number of rotatable bonds is 5. The van der Waals surface area contributed by atoms with Gasteiger partial charge in [-0.2, -0.15) is 0 Å². The Kier molecular flexibility index (Phi) is 4.68. The molecular weight excluding hydrogens is 287 g/mol. The molecule has 2 aromatic carbocycles. The summed E-state index contributed by atoms with van der Waals surface area (Å²) in [5, 5.41) is 0. The van der Waals surface area contributed by atoms with Gasteiger partial charge in [-0.15, -0.1) is 0 Å². The zero-order chi connectivity index (χ0) is 16.1. The lowest BCUT2D eigenvalue weighted by molar-refractivity contribution is -0.130. The first-order valence-corrected chi connectivity index (χ1v) is 6.39. The second kappa shape index (κ2) is 6.67. The Balaban J connectivity index is 2.21. The summed E-state index contributed by atoms with van der Waals surface area (Å²) in [6.45, 7) is 5.28. The highest BCUT2D eigenvalue weighted by Crippen LogP contribution is 2.27. The molecular formula is C17H13FO4. The summed E-state index contributed by atoms with van der Waals surface area (Å²) in [7, 11) is 0. The second-order valence-corrected chi connectivity index (χ2v) is 4.55. The van der Waals surface area contributed by atoms with Crippen LogP contribution in [0.2, 0.25) is 0 Å². The molecule has 0 saturated carbocycles. The van der Waals surface area contributed by atoms with E-state index in [-0.39, 0.29) is 12.2 Å². The Morgan fingerprint density at radius 3 is 2.32 bits per heavy atom. The van der Waals surface area contributed by atoms with Crippen molar-refractivity contribution in [3.05, 3.63) is 60.4 Å². The van der Waals surface area contributed by atoms with Crippen molar-refractivity contribution in [1.82, 2.24) is 0 Å². The first-order valence-electron chi connectivity index (χ1n) is 6.39. The van der Waals surface area contributed by atoms with Crippen LogP contribution in [0.25, 0.3) is 11.1 Å². The van der Waals surface area contributed by atoms with Gasteiger partial charge in [0.2, 0.25) is 0 Å². The summed E-state index contributed by atoms with van der Waals surface area (Å²) >= 11 is 0. The summed E-state index contributed by atoms with van der Waals surface area (Å²) in [5.74, 6) is -0.568. The van der Waals surface area contributed by atoms with Crippen molar-refractivity contribution in [3.63, 3.8) is 0 Å². The van der Waals surface area contributed by atoms with Crippen molar-refractivity contribution >= 4 is 12.4 Å². The van der Waals surface area contributed by atoms with E-state index in [1.807, 2.05) is 0 Å². The van der Waals surface area contributed by atoms with E-state index in [9.17, 15) is 14.0 Å². The fraction of sp³-hybridized carbons (Fsp3) is 0.0588. The van der Waals surface area contributed by atoms with Crippen molar-refractivity contribution in [3.8, 4) is 22.6 Å². The Hall–Kier alpha value is -2.95. The third kappa shape index (κ3) is 3.58. The van der Waals surface area contributed by atoms with Crippen molar-refractivity contribution in [2.75, 3.05) is 0 Å². The largest absolute Gasteiger partial charge is 0.429 e. The van der Waals surface area contributed by atoms with Crippen molar-refractivity contribution in [1.29, 1.82) is 0 Å². The van der Waals surface area contributed by atoms with Gasteiger partial charge >= 0.3 is 5.97 Å². The quantitative estimate of drug-likeness (QED) is 0.367. The van der Waals surface area contributed by atoms with E-state index in [4.69, 9.17) is 4.74 Å². The van der Waals surface area contributed by atoms with Crippen LogP contribution in [0.4, 0.5) is 4.39 Å². The van der Waals surface area contributed by atoms with Gasteiger partial charge in [0.05, 0.1) is 0 Å². The van der Waals surface area contributed by atoms with Crippen LogP contribution >= 0.6 is 0 Å². The number of esters is 1. The van der Waals surface area contributed by atoms with Crippen LogP contribution in [-0.2, 0) is 9.59 Å². The van der Waals surface area contributed by atoms with Gasteiger partial charge < -0.3 is 9.47 Å². The maximum atomic E-state index is 14.0. The molecule has 0 heterocycles. The number of hydrogen-bond donors (Lipinski definition) is 0. The third-order valence-electron chi connectivity index (χ3n) is 2.85. The molecule has 22 heavy (non-hydrogen) atoms. The summed E-state index contributed by atoms with van der Waals surface area (Å²) in [6, 6.07) is 10.5. The molecule has 0 aliphatic heterocycles. The van der Waals surface area contributed by atoms with Gasteiger partial charge in [0, 0.05) is 17.2 Å². The predicted molar refractivity (Wildman–Crippen MR) is 79.0 cm³/mol. The predicted octanol–water partition coefficient (Wildman–Crippen LogP) is 3.51. The molecule has 2 aromatic rings. The molecule has 0 amide bonds. The maximum Gasteiger partial charge on any atom is 0.338 e. The first kappa shape index (κ1) is 15.4. The molecule has 0 fully saturated rings. The molecule has 0 bridgehead atoms. The van der Waals surface area contributed by atoms with Crippen molar-refractivity contribution in [2.24, 2.45) is 0 Å². The van der Waals surface area contributed by atoms with Gasteiger partial charge in [0.25, 0.3) is 6.47 Å². The molecule has 0 atom stereocenters. The van der Waals surface area contributed by atoms with Crippen LogP contribution < -0.4 is 9.47 Å². The number of ether oxygens (including phenoxy) is 2. The fourth-order valence-electron chi connectivity index (χ4n) is 1.76. The number of benzene rings is 2. The van der Waals surface area contributed by atoms with Gasteiger partial charge in [-0.25, -0.2) is 9.18 Å². The zero-order valence-corrected chi connectivity index (χ0v) is 11.8. The summed E-state index contributed by atoms with van der Waals surface area (Å²) in [4.78, 5) is 21.6. The SMILES string of the molecule is C=C(C)C(=O)Oc1ccc(-c2ccc(OC=O)cc2F)cc1. The maximum absolute atomic E-state index is 14.0. The molecule has 0 unspecified atom stereocenters.